The third-order valence-corrected chi connectivity index (χ3v) is 8.06. The summed E-state index contributed by atoms with van der Waals surface area (Å²) in [4.78, 5) is 8.97. The van der Waals surface area contributed by atoms with E-state index in [2.05, 4.69) is 119 Å². The molecular weight excluding hydrogens is 536 g/mol. The normalized spacial score (nSPS) is 11.5. The molecule has 0 aliphatic rings. The fourth-order valence-corrected chi connectivity index (χ4v) is 6.07. The Morgan fingerprint density at radius 1 is 0.452 bits per heavy atom. The minimum atomic E-state index is 0.164. The third kappa shape index (κ3) is 4.14. The number of hydrogen-bond donors (Lipinski definition) is 0. The molecule has 8 aromatic rings. The van der Waals surface area contributed by atoms with E-state index in [-0.39, 0.29) is 5.28 Å². The highest BCUT2D eigenvalue weighted by molar-refractivity contribution is 6.29. The van der Waals surface area contributed by atoms with Crippen molar-refractivity contribution >= 4 is 44.4 Å². The van der Waals surface area contributed by atoms with Gasteiger partial charge < -0.3 is 4.42 Å². The summed E-state index contributed by atoms with van der Waals surface area (Å²) in [6.07, 6.45) is 0. The molecule has 0 bridgehead atoms. The summed E-state index contributed by atoms with van der Waals surface area (Å²) >= 11 is 6.33. The summed E-state index contributed by atoms with van der Waals surface area (Å²) < 4.78 is 5.99. The second-order valence-electron chi connectivity index (χ2n) is 10.3. The van der Waals surface area contributed by atoms with Crippen LogP contribution in [-0.2, 0) is 0 Å². The maximum atomic E-state index is 6.33. The topological polar surface area (TPSA) is 38.9 Å². The molecule has 0 N–H and O–H groups in total. The molecule has 0 saturated heterocycles. The van der Waals surface area contributed by atoms with Crippen molar-refractivity contribution in [3.05, 3.63) is 145 Å². The summed E-state index contributed by atoms with van der Waals surface area (Å²) in [6.45, 7) is 0. The van der Waals surface area contributed by atoms with Gasteiger partial charge in [-0.2, -0.15) is 4.98 Å². The summed E-state index contributed by atoms with van der Waals surface area (Å²) in [7, 11) is 0. The van der Waals surface area contributed by atoms with Crippen LogP contribution < -0.4 is 0 Å². The molecule has 3 nitrogen and oxygen atoms in total. The van der Waals surface area contributed by atoms with Crippen LogP contribution in [-0.4, -0.2) is 9.97 Å². The number of furan rings is 1. The van der Waals surface area contributed by atoms with Gasteiger partial charge >= 0.3 is 0 Å². The van der Waals surface area contributed by atoms with E-state index in [1.54, 1.807) is 0 Å². The first-order valence-corrected chi connectivity index (χ1v) is 14.2. The molecule has 0 aliphatic carbocycles. The molecule has 0 spiro atoms. The number of rotatable bonds is 4. The van der Waals surface area contributed by atoms with Crippen LogP contribution >= 0.6 is 11.6 Å². The number of para-hydroxylation sites is 1. The van der Waals surface area contributed by atoms with Gasteiger partial charge in [0.2, 0.25) is 11.0 Å². The van der Waals surface area contributed by atoms with Gasteiger partial charge in [0, 0.05) is 10.9 Å². The molecule has 0 aliphatic heterocycles. The van der Waals surface area contributed by atoms with Gasteiger partial charge in [-0.05, 0) is 61.8 Å². The summed E-state index contributed by atoms with van der Waals surface area (Å²) in [6, 6.07) is 48.8. The standard InChI is InChI=1S/C38H23ClN2O/c39-38-40-36(35-32-12-4-5-15-33(32)42-37(35)41-38)29-22-20-27(21-23-29)31-14-7-11-28-10-6-13-30(34(28)31)26-18-16-25(17-19-26)24-8-2-1-3-9-24/h1-23H. The lowest BCUT2D eigenvalue weighted by Gasteiger charge is -2.14. The van der Waals surface area contributed by atoms with Crippen molar-refractivity contribution in [1.82, 2.24) is 9.97 Å². The maximum absolute atomic E-state index is 6.33. The molecule has 0 saturated carbocycles. The SMILES string of the molecule is Clc1nc(-c2ccc(-c3cccc4cccc(-c5ccc(-c6ccccc6)cc5)c34)cc2)c2c(n1)oc1ccccc12. The third-order valence-electron chi connectivity index (χ3n) is 7.89. The zero-order chi connectivity index (χ0) is 28.0. The number of nitrogens with zero attached hydrogens (tertiary/aromatic N) is 2. The van der Waals surface area contributed by atoms with Crippen LogP contribution in [0.15, 0.2) is 144 Å². The van der Waals surface area contributed by atoms with Gasteiger partial charge in [0.15, 0.2) is 0 Å². The molecule has 42 heavy (non-hydrogen) atoms. The van der Waals surface area contributed by atoms with Crippen LogP contribution in [0, 0.1) is 0 Å². The molecule has 0 atom stereocenters. The second-order valence-corrected chi connectivity index (χ2v) is 10.7. The minimum Gasteiger partial charge on any atom is -0.438 e. The molecule has 6 aromatic carbocycles. The van der Waals surface area contributed by atoms with Gasteiger partial charge in [-0.3, -0.25) is 0 Å². The zero-order valence-electron chi connectivity index (χ0n) is 22.5. The number of benzene rings is 6. The van der Waals surface area contributed by atoms with E-state index in [0.29, 0.717) is 5.71 Å². The molecule has 8 rings (SSSR count). The first kappa shape index (κ1) is 24.5. The minimum absolute atomic E-state index is 0.164. The summed E-state index contributed by atoms with van der Waals surface area (Å²) in [5.41, 5.74) is 10.1. The van der Waals surface area contributed by atoms with E-state index < -0.39 is 0 Å². The van der Waals surface area contributed by atoms with Gasteiger partial charge in [-0.15, -0.1) is 0 Å². The lowest BCUT2D eigenvalue weighted by atomic mass is 9.90. The van der Waals surface area contributed by atoms with E-state index >= 15 is 0 Å². The fourth-order valence-electron chi connectivity index (χ4n) is 5.91. The Kier molecular flexibility index (Phi) is 5.83. The maximum Gasteiger partial charge on any atom is 0.232 e. The number of fused-ring (bicyclic) bond motifs is 4. The highest BCUT2D eigenvalue weighted by atomic mass is 35.5. The fraction of sp³-hybridized carbons (Fsp3) is 0. The Balaban J connectivity index is 1.23. The van der Waals surface area contributed by atoms with Crippen LogP contribution in [0.5, 0.6) is 0 Å². The van der Waals surface area contributed by atoms with Crippen molar-refractivity contribution in [2.24, 2.45) is 0 Å². The first-order chi connectivity index (χ1) is 20.7. The van der Waals surface area contributed by atoms with E-state index in [1.165, 1.54) is 38.6 Å². The van der Waals surface area contributed by atoms with E-state index in [4.69, 9.17) is 16.0 Å². The van der Waals surface area contributed by atoms with Gasteiger partial charge in [0.05, 0.1) is 11.1 Å². The molecule has 198 valence electrons. The average Bonchev–Trinajstić information content (AvgIpc) is 3.42. The Hall–Kier alpha value is -5.25. The van der Waals surface area contributed by atoms with Crippen molar-refractivity contribution in [2.75, 3.05) is 0 Å². The van der Waals surface area contributed by atoms with Crippen molar-refractivity contribution in [3.63, 3.8) is 0 Å². The molecule has 2 heterocycles. The molecular formula is C38H23ClN2O. The van der Waals surface area contributed by atoms with Gasteiger partial charge in [0.25, 0.3) is 0 Å². The van der Waals surface area contributed by atoms with Crippen LogP contribution in [0.25, 0.3) is 77.5 Å². The Morgan fingerprint density at radius 3 is 1.71 bits per heavy atom. The monoisotopic (exact) mass is 558 g/mol. The highest BCUT2D eigenvalue weighted by Gasteiger charge is 2.17. The molecule has 0 amide bonds. The Labute approximate surface area is 247 Å². The Bertz CT molecular complexity index is 2230. The van der Waals surface area contributed by atoms with Crippen LogP contribution in [0.4, 0.5) is 0 Å². The predicted molar refractivity (Wildman–Crippen MR) is 174 cm³/mol. The van der Waals surface area contributed by atoms with Crippen molar-refractivity contribution in [2.45, 2.75) is 0 Å². The lowest BCUT2D eigenvalue weighted by Crippen LogP contribution is -1.90. The van der Waals surface area contributed by atoms with Crippen molar-refractivity contribution in [3.8, 4) is 44.6 Å². The van der Waals surface area contributed by atoms with E-state index in [0.717, 1.165) is 33.2 Å². The Morgan fingerprint density at radius 2 is 1.02 bits per heavy atom. The van der Waals surface area contributed by atoms with Gasteiger partial charge in [-0.1, -0.05) is 133 Å². The number of halogens is 1. The van der Waals surface area contributed by atoms with Gasteiger partial charge in [0.1, 0.15) is 5.58 Å². The number of aromatic nitrogens is 2. The average molecular weight is 559 g/mol. The largest absolute Gasteiger partial charge is 0.438 e. The molecule has 0 unspecified atom stereocenters. The number of hydrogen-bond acceptors (Lipinski definition) is 3. The smallest absolute Gasteiger partial charge is 0.232 e. The highest BCUT2D eigenvalue weighted by Crippen LogP contribution is 2.39. The molecule has 2 aromatic heterocycles. The van der Waals surface area contributed by atoms with Crippen molar-refractivity contribution in [1.29, 1.82) is 0 Å². The molecule has 0 fully saturated rings. The van der Waals surface area contributed by atoms with Crippen LogP contribution in [0.3, 0.4) is 0 Å². The summed E-state index contributed by atoms with van der Waals surface area (Å²) in [5.74, 6) is 0. The van der Waals surface area contributed by atoms with Crippen LogP contribution in [0.1, 0.15) is 0 Å². The van der Waals surface area contributed by atoms with Crippen molar-refractivity contribution < 1.29 is 4.42 Å². The van der Waals surface area contributed by atoms with Crippen LogP contribution in [0.2, 0.25) is 5.28 Å². The summed E-state index contributed by atoms with van der Waals surface area (Å²) in [5, 5.41) is 4.44. The molecule has 4 heteroatoms. The lowest BCUT2D eigenvalue weighted by molar-refractivity contribution is 0.653. The second kappa shape index (κ2) is 9.99. The van der Waals surface area contributed by atoms with Gasteiger partial charge in [-0.25, -0.2) is 4.98 Å². The zero-order valence-corrected chi connectivity index (χ0v) is 23.2. The predicted octanol–water partition coefficient (Wildman–Crippen LogP) is 10.9. The quantitative estimate of drug-likeness (QED) is 0.202. The first-order valence-electron chi connectivity index (χ1n) is 13.9. The van der Waals surface area contributed by atoms with E-state index in [1.807, 2.05) is 30.3 Å². The van der Waals surface area contributed by atoms with E-state index in [9.17, 15) is 0 Å². The molecule has 0 radical (unpaired) electrons.